The largest absolute Gasteiger partial charge is 1.00 e. The van der Waals surface area contributed by atoms with E-state index < -0.39 is 38.4 Å². The number of nitrogens with zero attached hydrogens (tertiary/aromatic N) is 2. The zero-order chi connectivity index (χ0) is 15.2. The van der Waals surface area contributed by atoms with E-state index in [1.807, 2.05) is 0 Å². The second-order valence-electron chi connectivity index (χ2n) is 4.67. The summed E-state index contributed by atoms with van der Waals surface area (Å²) in [5.74, 6) is -2.79. The van der Waals surface area contributed by atoms with Crippen LogP contribution in [0.2, 0.25) is 0 Å². The number of hydrogen-bond donors (Lipinski definition) is 0. The quantitative estimate of drug-likeness (QED) is 0.309. The molecule has 0 aromatic carbocycles. The van der Waals surface area contributed by atoms with Gasteiger partial charge in [0.2, 0.25) is 0 Å². The van der Waals surface area contributed by atoms with Crippen LogP contribution in [0.3, 0.4) is 0 Å². The maximum atomic E-state index is 12.1. The van der Waals surface area contributed by atoms with E-state index in [2.05, 4.69) is 4.98 Å². The number of pyridine rings is 1. The summed E-state index contributed by atoms with van der Waals surface area (Å²) in [6, 6.07) is 5.05. The molecule has 1 atom stereocenters. The molecule has 1 aromatic heterocycles. The van der Waals surface area contributed by atoms with Gasteiger partial charge >= 0.3 is 29.6 Å². The first-order chi connectivity index (χ1) is 9.90. The van der Waals surface area contributed by atoms with Gasteiger partial charge in [0.25, 0.3) is 5.91 Å². The van der Waals surface area contributed by atoms with Crippen LogP contribution in [0.1, 0.15) is 5.69 Å². The smallest absolute Gasteiger partial charge is 0.545 e. The molecule has 0 saturated carbocycles. The number of hydrogen-bond acceptors (Lipinski definition) is 6. The van der Waals surface area contributed by atoms with Gasteiger partial charge in [-0.2, -0.15) is 0 Å². The van der Waals surface area contributed by atoms with Crippen molar-refractivity contribution < 1.29 is 52.7 Å². The molecule has 108 valence electrons. The first-order valence-corrected chi connectivity index (χ1v) is 7.70. The molecular formula is C13H9N2NaO5S. The first-order valence-electron chi connectivity index (χ1n) is 5.99. The Morgan fingerprint density at radius 1 is 1.41 bits per heavy atom. The van der Waals surface area contributed by atoms with Crippen LogP contribution in [0.15, 0.2) is 41.7 Å². The molecule has 0 unspecified atom stereocenters. The number of carboxylic acids is 1. The molecule has 0 spiro atoms. The first kappa shape index (κ1) is 16.9. The molecule has 1 aromatic rings. The van der Waals surface area contributed by atoms with Crippen LogP contribution in [0.25, 0.3) is 6.08 Å². The summed E-state index contributed by atoms with van der Waals surface area (Å²) in [4.78, 5) is 27.7. The standard InChI is InChI=1S/C13H10N2O5S.Na/c16-11-10(5-9-3-1-2-4-14-9)12-15(11)6-8(13(17)18)7-21(12,19)20;/h1-6,12H,7H2,(H,17,18);/q;+1/p-1/t12-;/m1./s1. The van der Waals surface area contributed by atoms with Crippen LogP contribution in [0, 0.1) is 0 Å². The van der Waals surface area contributed by atoms with E-state index in [9.17, 15) is 23.1 Å². The molecule has 0 N–H and O–H groups in total. The fraction of sp³-hybridized carbons (Fsp3) is 0.154. The molecule has 22 heavy (non-hydrogen) atoms. The number of aromatic nitrogens is 1. The predicted octanol–water partition coefficient (Wildman–Crippen LogP) is -4.30. The third-order valence-electron chi connectivity index (χ3n) is 3.25. The zero-order valence-corrected chi connectivity index (χ0v) is 14.4. The number of fused-ring (bicyclic) bond motifs is 1. The van der Waals surface area contributed by atoms with Crippen LogP contribution in [-0.2, 0) is 19.4 Å². The zero-order valence-electron chi connectivity index (χ0n) is 11.6. The number of rotatable bonds is 2. The van der Waals surface area contributed by atoms with Crippen LogP contribution in [-0.4, -0.2) is 41.3 Å². The molecule has 1 fully saturated rings. The molecule has 9 heteroatoms. The molecule has 0 bridgehead atoms. The third-order valence-corrected chi connectivity index (χ3v) is 5.12. The van der Waals surface area contributed by atoms with Gasteiger partial charge in [-0.25, -0.2) is 8.42 Å². The van der Waals surface area contributed by atoms with Gasteiger partial charge in [-0.1, -0.05) is 6.07 Å². The van der Waals surface area contributed by atoms with Gasteiger partial charge in [0.1, 0.15) is 0 Å². The third kappa shape index (κ3) is 2.74. The molecule has 0 radical (unpaired) electrons. The van der Waals surface area contributed by atoms with Gasteiger partial charge in [-0.3, -0.25) is 14.7 Å². The van der Waals surface area contributed by atoms with E-state index >= 15 is 0 Å². The topological polar surface area (TPSA) is 107 Å². The number of sulfone groups is 1. The van der Waals surface area contributed by atoms with Crippen LogP contribution in [0.5, 0.6) is 0 Å². The SMILES string of the molecule is O=C([O-])C1=CN2C(=O)C(=Cc3ccccn3)[C@H]2S(=O)(=O)C1.[Na+]. The number of amides is 1. The number of aliphatic carboxylic acids is 1. The second kappa shape index (κ2) is 5.96. The number of carboxylic acid groups (broad SMARTS) is 1. The van der Waals surface area contributed by atoms with Crippen molar-refractivity contribution in [3.8, 4) is 0 Å². The molecule has 7 nitrogen and oxygen atoms in total. The molecule has 0 aliphatic carbocycles. The fourth-order valence-corrected chi connectivity index (χ4v) is 4.15. The summed E-state index contributed by atoms with van der Waals surface area (Å²) in [6.07, 6.45) is 3.95. The molecule has 3 heterocycles. The molecule has 3 rings (SSSR count). The Labute approximate surface area is 148 Å². The molecule has 2 aliphatic rings. The van der Waals surface area contributed by atoms with Crippen LogP contribution in [0.4, 0.5) is 0 Å². The van der Waals surface area contributed by atoms with Crippen LogP contribution >= 0.6 is 0 Å². The van der Waals surface area contributed by atoms with E-state index in [0.29, 0.717) is 5.69 Å². The van der Waals surface area contributed by atoms with Gasteiger partial charge in [-0.15, -0.1) is 0 Å². The van der Waals surface area contributed by atoms with Crippen molar-refractivity contribution in [1.82, 2.24) is 9.88 Å². The maximum absolute atomic E-state index is 12.1. The van der Waals surface area contributed by atoms with Crippen molar-refractivity contribution in [3.05, 3.63) is 47.4 Å². The Hall–Kier alpha value is -1.48. The summed E-state index contributed by atoms with van der Waals surface area (Å²) < 4.78 is 24.2. The Morgan fingerprint density at radius 3 is 2.73 bits per heavy atom. The van der Waals surface area contributed by atoms with Gasteiger partial charge in [0.05, 0.1) is 23.0 Å². The minimum atomic E-state index is -3.80. The van der Waals surface area contributed by atoms with E-state index in [4.69, 9.17) is 0 Å². The van der Waals surface area contributed by atoms with Gasteiger partial charge < -0.3 is 9.90 Å². The molecule has 1 amide bonds. The minimum absolute atomic E-state index is 0. The van der Waals surface area contributed by atoms with Crippen molar-refractivity contribution in [2.75, 3.05) is 5.75 Å². The molecule has 1 saturated heterocycles. The summed E-state index contributed by atoms with van der Waals surface area (Å²) in [6.45, 7) is 0. The number of carbonyl (C=O) groups is 2. The van der Waals surface area contributed by atoms with E-state index in [-0.39, 0.29) is 35.1 Å². The number of β-lactam (4-membered cyclic amide) rings is 1. The molecule has 2 aliphatic heterocycles. The van der Waals surface area contributed by atoms with Gasteiger partial charge in [0.15, 0.2) is 15.2 Å². The summed E-state index contributed by atoms with van der Waals surface area (Å²) in [5.41, 5.74) is 0.129. The monoisotopic (exact) mass is 328 g/mol. The predicted molar refractivity (Wildman–Crippen MR) is 69.7 cm³/mol. The molecular weight excluding hydrogens is 319 g/mol. The van der Waals surface area contributed by atoms with Gasteiger partial charge in [0, 0.05) is 18.0 Å². The minimum Gasteiger partial charge on any atom is -0.545 e. The van der Waals surface area contributed by atoms with Crippen molar-refractivity contribution in [2.45, 2.75) is 5.37 Å². The number of carbonyl (C=O) groups excluding carboxylic acids is 2. The average molecular weight is 328 g/mol. The van der Waals surface area contributed by atoms with Crippen molar-refractivity contribution in [2.24, 2.45) is 0 Å². The summed E-state index contributed by atoms with van der Waals surface area (Å²) in [7, 11) is -3.80. The van der Waals surface area contributed by atoms with Crippen molar-refractivity contribution in [3.63, 3.8) is 0 Å². The van der Waals surface area contributed by atoms with E-state index in [1.165, 1.54) is 12.3 Å². The van der Waals surface area contributed by atoms with E-state index in [0.717, 1.165) is 11.1 Å². The fourth-order valence-electron chi connectivity index (χ4n) is 2.30. The van der Waals surface area contributed by atoms with Crippen molar-refractivity contribution in [1.29, 1.82) is 0 Å². The summed E-state index contributed by atoms with van der Waals surface area (Å²) >= 11 is 0. The van der Waals surface area contributed by atoms with E-state index in [1.54, 1.807) is 18.2 Å². The Kier molecular flexibility index (Phi) is 4.57. The maximum Gasteiger partial charge on any atom is 1.00 e. The summed E-state index contributed by atoms with van der Waals surface area (Å²) in [5, 5.41) is 9.65. The normalized spacial score (nSPS) is 23.9. The average Bonchev–Trinajstić information content (AvgIpc) is 2.44. The van der Waals surface area contributed by atoms with Crippen LogP contribution < -0.4 is 34.7 Å². The van der Waals surface area contributed by atoms with Crippen molar-refractivity contribution >= 4 is 27.8 Å². The van der Waals surface area contributed by atoms with Gasteiger partial charge in [-0.05, 0) is 18.2 Å². The Bertz CT molecular complexity index is 801. The Balaban J connectivity index is 0.00000176. The Morgan fingerprint density at radius 2 is 2.14 bits per heavy atom. The second-order valence-corrected chi connectivity index (χ2v) is 6.73.